The van der Waals surface area contributed by atoms with Gasteiger partial charge >= 0.3 is 75.5 Å². The minimum atomic E-state index is -4.67. The minimum absolute atomic E-state index is 0. The van der Waals surface area contributed by atoms with Crippen molar-refractivity contribution >= 4 is 48.5 Å². The molecule has 1 aliphatic heterocycles. The van der Waals surface area contributed by atoms with Crippen LogP contribution in [0.4, 0.5) is 0 Å². The van der Waals surface area contributed by atoms with E-state index in [1.165, 1.54) is 126 Å². The van der Waals surface area contributed by atoms with Crippen molar-refractivity contribution in [2.45, 2.75) is 31.5 Å². The number of allylic oxidation sites excluding steroid dienone is 1. The molecule has 0 fully saturated rings. The molecule has 16 N–H and O–H groups in total. The van der Waals surface area contributed by atoms with Crippen molar-refractivity contribution in [1.29, 1.82) is 0 Å². The Morgan fingerprint density at radius 3 is 1.47 bits per heavy atom. The van der Waals surface area contributed by atoms with Gasteiger partial charge in [0.1, 0.15) is 52.1 Å². The maximum atomic E-state index is 12.2. The summed E-state index contributed by atoms with van der Waals surface area (Å²) in [6.45, 7) is 0. The van der Waals surface area contributed by atoms with E-state index in [1.807, 2.05) is 0 Å². The zero-order valence-corrected chi connectivity index (χ0v) is 56.1. The number of aliphatic hydroxyl groups is 1. The minimum Gasteiger partial charge on any atom is -1.00 e. The van der Waals surface area contributed by atoms with E-state index in [9.17, 15) is 65.4 Å². The SMILES string of the molecule is COc1cc(/C=C/C(=O)O)ccc1O.COc1cc(/C=C/C(=O)c2ccc(O)cc2O)ccc1O.COc1cc(C2CC(=O)c3ccc(O)cc3O2)ccc1O.COc1cc(CCC(O)c2ccc(O)cc2O)ccc1O.O=S(=O)(O)O.Oc1cccc(O)c1.[B].[H-].[Na+].[Na+].[OH-]. The van der Waals surface area contributed by atoms with Crippen LogP contribution in [-0.2, 0) is 21.6 Å². The van der Waals surface area contributed by atoms with E-state index in [4.69, 9.17) is 56.5 Å². The maximum Gasteiger partial charge on any atom is 1.00 e. The number of aromatic hydroxyl groups is 11. The van der Waals surface area contributed by atoms with Gasteiger partial charge in [0.2, 0.25) is 0 Å². The molecule has 1 aliphatic rings. The van der Waals surface area contributed by atoms with Crippen LogP contribution in [-0.4, -0.2) is 144 Å². The molecule has 3 radical (unpaired) electrons. The summed E-state index contributed by atoms with van der Waals surface area (Å²) < 4.78 is 57.3. The summed E-state index contributed by atoms with van der Waals surface area (Å²) in [5.74, 6) is 0.00119. The quantitative estimate of drug-likeness (QED) is 0.0320. The number of carbonyl (C=O) groups is 3. The van der Waals surface area contributed by atoms with Crippen molar-refractivity contribution in [3.8, 4) is 92.0 Å². The number of phenolic OH excluding ortho intramolecular Hbond substituents is 11. The van der Waals surface area contributed by atoms with Gasteiger partial charge in [-0.15, -0.1) is 0 Å². The second-order valence-electron chi connectivity index (χ2n) is 18.6. The van der Waals surface area contributed by atoms with Gasteiger partial charge in [-0.2, -0.15) is 8.42 Å². The van der Waals surface area contributed by atoms with Crippen LogP contribution >= 0.6 is 0 Å². The number of carbonyl (C=O) groups excluding carboxylic acids is 2. The number of Topliss-reactive ketones (excluding diaryl/α,β-unsaturated/α-hetero) is 1. The Morgan fingerprint density at radius 2 is 0.989 bits per heavy atom. The number of ether oxygens (including phenoxy) is 5. The van der Waals surface area contributed by atoms with Crippen LogP contribution in [0.5, 0.6) is 92.0 Å². The van der Waals surface area contributed by atoms with Crippen LogP contribution in [0.1, 0.15) is 75.0 Å². The van der Waals surface area contributed by atoms with Gasteiger partial charge in [0, 0.05) is 44.3 Å². The molecular weight excluding hydrogens is 1270 g/mol. The smallest absolute Gasteiger partial charge is 1.00 e. The topological polar surface area (TPSA) is 465 Å². The fraction of sp³-hybridized carbons (Fsp3) is 0.141. The number of carboxylic acids is 1. The molecule has 94 heavy (non-hydrogen) atoms. The summed E-state index contributed by atoms with van der Waals surface area (Å²) in [6.07, 6.45) is 5.10. The van der Waals surface area contributed by atoms with E-state index in [2.05, 4.69) is 0 Å². The molecule has 0 aromatic heterocycles. The zero-order valence-electron chi connectivity index (χ0n) is 52.2. The van der Waals surface area contributed by atoms with Gasteiger partial charge in [0.05, 0.1) is 52.1 Å². The third kappa shape index (κ3) is 28.7. The molecule has 2 atom stereocenters. The average molecular weight is 1340 g/mol. The number of hydrogen-bond acceptors (Lipinski definition) is 23. The van der Waals surface area contributed by atoms with Gasteiger partial charge < -0.3 is 97.0 Å². The molecule has 26 nitrogen and oxygen atoms in total. The Bertz CT molecular complexity index is 3920. The number of hydrogen-bond donors (Lipinski definition) is 15. The van der Waals surface area contributed by atoms with Crippen molar-refractivity contribution in [3.05, 3.63) is 203 Å². The zero-order chi connectivity index (χ0) is 66.8. The number of aryl methyl sites for hydroxylation is 1. The molecule has 0 saturated heterocycles. The number of phenols is 11. The monoisotopic (exact) mass is 1340 g/mol. The number of aliphatic hydroxyl groups excluding tert-OH is 1. The van der Waals surface area contributed by atoms with Gasteiger partial charge in [-0.3, -0.25) is 18.7 Å². The first-order chi connectivity index (χ1) is 42.5. The molecule has 2 unspecified atom stereocenters. The molecule has 1 heterocycles. The summed E-state index contributed by atoms with van der Waals surface area (Å²) >= 11 is 0. The van der Waals surface area contributed by atoms with E-state index in [0.29, 0.717) is 63.8 Å². The first-order valence-corrected chi connectivity index (χ1v) is 27.4. The van der Waals surface area contributed by atoms with E-state index >= 15 is 0 Å². The fourth-order valence-corrected chi connectivity index (χ4v) is 7.79. The Kier molecular flexibility index (Phi) is 37.2. The van der Waals surface area contributed by atoms with E-state index < -0.39 is 34.4 Å². The van der Waals surface area contributed by atoms with E-state index in [1.54, 1.807) is 66.7 Å². The fourth-order valence-electron chi connectivity index (χ4n) is 7.79. The van der Waals surface area contributed by atoms with Gasteiger partial charge in [0.25, 0.3) is 0 Å². The average Bonchev–Trinajstić information content (AvgIpc) is 0.879. The van der Waals surface area contributed by atoms with E-state index in [-0.39, 0.29) is 155 Å². The predicted molar refractivity (Wildman–Crippen MR) is 335 cm³/mol. The summed E-state index contributed by atoms with van der Waals surface area (Å²) in [6, 6.07) is 37.2. The van der Waals surface area contributed by atoms with Crippen molar-refractivity contribution in [2.75, 3.05) is 28.4 Å². The second kappa shape index (κ2) is 41.3. The van der Waals surface area contributed by atoms with Crippen LogP contribution < -0.4 is 82.8 Å². The molecule has 0 aliphatic carbocycles. The van der Waals surface area contributed by atoms with Gasteiger partial charge in [-0.25, -0.2) is 4.79 Å². The van der Waals surface area contributed by atoms with Crippen LogP contribution in [0.3, 0.4) is 0 Å². The first kappa shape index (κ1) is 84.7. The van der Waals surface area contributed by atoms with Crippen LogP contribution in [0.15, 0.2) is 164 Å². The van der Waals surface area contributed by atoms with E-state index in [0.717, 1.165) is 23.3 Å². The molecule has 0 amide bonds. The first-order valence-electron chi connectivity index (χ1n) is 26.1. The van der Waals surface area contributed by atoms with Crippen molar-refractivity contribution < 1.29 is 188 Å². The van der Waals surface area contributed by atoms with Gasteiger partial charge in [-0.05, 0) is 144 Å². The maximum absolute atomic E-state index is 12.2. The summed E-state index contributed by atoms with van der Waals surface area (Å²) in [5, 5.41) is 121. The van der Waals surface area contributed by atoms with Crippen LogP contribution in [0.25, 0.3) is 12.2 Å². The predicted octanol–water partition coefficient (Wildman–Crippen LogP) is 3.51. The van der Waals surface area contributed by atoms with Gasteiger partial charge in [0.15, 0.2) is 57.6 Å². The van der Waals surface area contributed by atoms with Crippen LogP contribution in [0.2, 0.25) is 0 Å². The third-order valence-corrected chi connectivity index (χ3v) is 12.1. The molecule has 9 rings (SSSR count). The molecular formula is C64H66BNa2O26S. The largest absolute Gasteiger partial charge is 1.00 e. The number of carboxylic acid groups (broad SMARTS) is 1. The number of aliphatic carboxylic acids is 1. The number of methoxy groups -OCH3 is 4. The molecule has 8 aromatic rings. The Morgan fingerprint density at radius 1 is 0.553 bits per heavy atom. The molecule has 489 valence electrons. The number of fused-ring (bicyclic) bond motifs is 1. The molecule has 0 saturated carbocycles. The summed E-state index contributed by atoms with van der Waals surface area (Å²) in [5.41, 5.74) is 3.88. The van der Waals surface area contributed by atoms with Gasteiger partial charge in [-0.1, -0.05) is 36.4 Å². The third-order valence-electron chi connectivity index (χ3n) is 12.1. The Labute approximate surface area is 586 Å². The van der Waals surface area contributed by atoms with Crippen molar-refractivity contribution in [2.24, 2.45) is 0 Å². The second-order valence-corrected chi connectivity index (χ2v) is 19.4. The normalized spacial score (nSPS) is 11.8. The summed E-state index contributed by atoms with van der Waals surface area (Å²) in [4.78, 5) is 34.3. The van der Waals surface area contributed by atoms with Crippen molar-refractivity contribution in [3.63, 3.8) is 0 Å². The number of benzene rings is 8. The van der Waals surface area contributed by atoms with Crippen LogP contribution in [0, 0.1) is 0 Å². The molecule has 0 bridgehead atoms. The molecule has 8 aromatic carbocycles. The standard InChI is InChI=1S/C16H14O5.C16H18O5.C16H14O5.C10H10O4.C6H6O2.B.2Na.H2O4S.H2O.H/c1-20-16-6-9(2-5-12(16)18)14-8-13(19)11-4-3-10(17)7-15(11)21-14;2*1-21-16-8-10(3-7-14(16)19)2-6-13(18)12-5-4-11(17)9-15(12)20;1-14-9-6-7(2-4-8(9)11)3-5-10(12)13;7-5-2-1-3-6(8)4-5;;;;1-5(2,3)4;;/h2-7,14,17-18H,8H2,1H3;3-5,7-9,13,17-20H,2,6H2,1H3;2-9,17,19-20H,1H3;2-6,11H,1H3,(H,12,13);1-4,7-8H;;;;(H2,1,2,3,4);1H2;/q;;;;;;2*+1;;;-1/p-1/b;;6-2+;5-3+;;;;;;;. The Balaban J connectivity index is 0. The summed E-state index contributed by atoms with van der Waals surface area (Å²) in [7, 11) is 1.13. The number of ketones is 2. The molecule has 30 heteroatoms. The molecule has 0 spiro atoms. The Hall–Kier alpha value is -9.30. The van der Waals surface area contributed by atoms with Crippen molar-refractivity contribution in [1.82, 2.24) is 0 Å². The number of rotatable bonds is 14.